The van der Waals surface area contributed by atoms with Gasteiger partial charge in [0, 0.05) is 17.5 Å². The molecule has 3 aliphatic heterocycles. The molecule has 2 aromatic rings. The largest absolute Gasteiger partial charge is 0.493 e. The van der Waals surface area contributed by atoms with Crippen molar-refractivity contribution in [2.45, 2.75) is 106 Å². The predicted octanol–water partition coefficient (Wildman–Crippen LogP) is -3.32. The summed E-state index contributed by atoms with van der Waals surface area (Å²) in [6, 6.07) is 5.56. The molecule has 0 bridgehead atoms. The van der Waals surface area contributed by atoms with Crippen molar-refractivity contribution in [1.82, 2.24) is 0 Å². The lowest BCUT2D eigenvalue weighted by atomic mass is 9.97. The van der Waals surface area contributed by atoms with E-state index in [-0.39, 0.29) is 17.1 Å². The van der Waals surface area contributed by atoms with Gasteiger partial charge in [0.1, 0.15) is 60.5 Å². The minimum Gasteiger partial charge on any atom is -0.493 e. The normalized spacial score (nSPS) is 42.4. The van der Waals surface area contributed by atoms with Gasteiger partial charge in [0.2, 0.25) is 6.29 Å². The zero-order chi connectivity index (χ0) is 32.7. The van der Waals surface area contributed by atoms with Gasteiger partial charge in [-0.2, -0.15) is 0 Å². The molecular weight excluding hydrogens is 608 g/mol. The molecule has 0 amide bonds. The third kappa shape index (κ3) is 6.82. The lowest BCUT2D eigenvalue weighted by Crippen LogP contribution is -2.65. The number of aliphatic hydroxyl groups is 8. The Balaban J connectivity index is 1.42. The first-order chi connectivity index (χ1) is 21.3. The quantitative estimate of drug-likeness (QED) is 0.131. The van der Waals surface area contributed by atoms with E-state index in [2.05, 4.69) is 0 Å². The van der Waals surface area contributed by atoms with Crippen LogP contribution in [0, 0.1) is 0 Å². The third-order valence-electron chi connectivity index (χ3n) is 8.13. The molecule has 5 rings (SSSR count). The Morgan fingerprint density at radius 2 is 1.31 bits per heavy atom. The van der Waals surface area contributed by atoms with Gasteiger partial charge in [-0.15, -0.1) is 0 Å². The highest BCUT2D eigenvalue weighted by molar-refractivity contribution is 5.80. The maximum Gasteiger partial charge on any atom is 0.336 e. The number of fused-ring (bicyclic) bond motifs is 1. The standard InChI is InChI=1S/C28H38O17/c1-9-17(30)20(33)23(36)26(40-9)39-8-15-19(32)22(35)25(45-27-24(37)21(34)18(31)10(2)41-27)28(44-15)43-14-7-12-11(6-13(14)38-3)4-5-16(29)42-12/h4-7,9-10,15,17-28,30-37H,8H2,1-3H3/t9-,10-,15+,17-,18-,19+,20-,21+,22-,23+,24+,25+,26-,27+,28+/m1/s1. The van der Waals surface area contributed by atoms with E-state index in [4.69, 9.17) is 37.6 Å². The van der Waals surface area contributed by atoms with E-state index < -0.39 is 104 Å². The molecule has 45 heavy (non-hydrogen) atoms. The van der Waals surface area contributed by atoms with Crippen LogP contribution in [0.25, 0.3) is 11.0 Å². The Hall–Kier alpha value is -2.49. The molecule has 15 atom stereocenters. The lowest BCUT2D eigenvalue weighted by molar-refractivity contribution is -0.360. The molecule has 0 spiro atoms. The number of benzene rings is 1. The Morgan fingerprint density at radius 3 is 1.96 bits per heavy atom. The number of ether oxygens (including phenoxy) is 7. The Morgan fingerprint density at radius 1 is 0.689 bits per heavy atom. The van der Waals surface area contributed by atoms with Gasteiger partial charge in [0.05, 0.1) is 25.9 Å². The molecule has 17 nitrogen and oxygen atoms in total. The molecule has 4 heterocycles. The highest BCUT2D eigenvalue weighted by atomic mass is 16.8. The minimum absolute atomic E-state index is 0.0490. The Kier molecular flexibility index (Phi) is 10.3. The van der Waals surface area contributed by atoms with Crippen LogP contribution in [0.3, 0.4) is 0 Å². The van der Waals surface area contributed by atoms with Gasteiger partial charge in [-0.3, -0.25) is 0 Å². The molecule has 0 saturated carbocycles. The first-order valence-electron chi connectivity index (χ1n) is 14.3. The molecule has 0 aliphatic carbocycles. The van der Waals surface area contributed by atoms with Crippen molar-refractivity contribution >= 4 is 11.0 Å². The van der Waals surface area contributed by atoms with Crippen molar-refractivity contribution in [2.24, 2.45) is 0 Å². The van der Waals surface area contributed by atoms with Gasteiger partial charge in [-0.05, 0) is 26.0 Å². The van der Waals surface area contributed by atoms with Gasteiger partial charge in [0.25, 0.3) is 0 Å². The summed E-state index contributed by atoms with van der Waals surface area (Å²) in [5.74, 6) is 0.0978. The summed E-state index contributed by atoms with van der Waals surface area (Å²) in [6.07, 6.45) is -22.7. The molecule has 0 radical (unpaired) electrons. The van der Waals surface area contributed by atoms with Gasteiger partial charge < -0.3 is 78.4 Å². The van der Waals surface area contributed by atoms with Crippen LogP contribution in [0.1, 0.15) is 13.8 Å². The molecular formula is C28H38O17. The lowest BCUT2D eigenvalue weighted by Gasteiger charge is -2.46. The van der Waals surface area contributed by atoms with Gasteiger partial charge in [0.15, 0.2) is 30.2 Å². The van der Waals surface area contributed by atoms with Crippen LogP contribution in [0.5, 0.6) is 11.5 Å². The van der Waals surface area contributed by atoms with E-state index in [1.165, 1.54) is 45.2 Å². The van der Waals surface area contributed by atoms with Crippen LogP contribution in [0.15, 0.2) is 33.5 Å². The Bertz CT molecular complexity index is 1350. The molecule has 1 aromatic heterocycles. The first kappa shape index (κ1) is 33.9. The maximum atomic E-state index is 11.8. The second-order valence-corrected chi connectivity index (χ2v) is 11.2. The van der Waals surface area contributed by atoms with Crippen molar-refractivity contribution in [2.75, 3.05) is 13.7 Å². The zero-order valence-corrected chi connectivity index (χ0v) is 24.4. The van der Waals surface area contributed by atoms with Crippen molar-refractivity contribution in [3.8, 4) is 11.5 Å². The van der Waals surface area contributed by atoms with Crippen LogP contribution < -0.4 is 15.1 Å². The molecule has 3 fully saturated rings. The van der Waals surface area contributed by atoms with Crippen LogP contribution in [-0.2, 0) is 23.7 Å². The predicted molar refractivity (Wildman–Crippen MR) is 146 cm³/mol. The number of rotatable bonds is 8. The molecule has 3 saturated heterocycles. The smallest absolute Gasteiger partial charge is 0.336 e. The summed E-state index contributed by atoms with van der Waals surface area (Å²) in [6.45, 7) is 2.35. The summed E-state index contributed by atoms with van der Waals surface area (Å²) >= 11 is 0. The zero-order valence-electron chi connectivity index (χ0n) is 24.4. The van der Waals surface area contributed by atoms with Crippen molar-refractivity contribution in [3.63, 3.8) is 0 Å². The van der Waals surface area contributed by atoms with Crippen LogP contribution >= 0.6 is 0 Å². The average molecular weight is 647 g/mol. The maximum absolute atomic E-state index is 11.8. The number of hydrogen-bond donors (Lipinski definition) is 8. The topological polar surface area (TPSA) is 257 Å². The van der Waals surface area contributed by atoms with Gasteiger partial charge >= 0.3 is 5.63 Å². The van der Waals surface area contributed by atoms with Gasteiger partial charge in [-0.25, -0.2) is 4.79 Å². The van der Waals surface area contributed by atoms with E-state index in [1.54, 1.807) is 0 Å². The average Bonchev–Trinajstić information content (AvgIpc) is 3.02. The number of aliphatic hydroxyl groups excluding tert-OH is 8. The minimum atomic E-state index is -1.82. The number of methoxy groups -OCH3 is 1. The fourth-order valence-electron chi connectivity index (χ4n) is 5.36. The summed E-state index contributed by atoms with van der Waals surface area (Å²) in [4.78, 5) is 11.8. The first-order valence-corrected chi connectivity index (χ1v) is 14.3. The van der Waals surface area contributed by atoms with Crippen LogP contribution in [0.4, 0.5) is 0 Å². The SMILES string of the molecule is COc1cc2ccc(=O)oc2cc1O[C@H]1O[C@@H](CO[C@@H]2O[C@H](C)[C@@H](O)[C@@H](O)[C@@H]2O)[C@H](O)[C@@H](O)[C@@H]1O[C@@H]1O[C@H](C)[C@@H](O)[C@H](O)[C@@H]1O. The third-order valence-corrected chi connectivity index (χ3v) is 8.13. The van der Waals surface area contributed by atoms with E-state index in [9.17, 15) is 45.6 Å². The highest BCUT2D eigenvalue weighted by Crippen LogP contribution is 2.36. The summed E-state index contributed by atoms with van der Waals surface area (Å²) in [7, 11) is 1.35. The second kappa shape index (κ2) is 13.7. The number of hydrogen-bond acceptors (Lipinski definition) is 17. The molecule has 17 heteroatoms. The van der Waals surface area contributed by atoms with E-state index in [1.807, 2.05) is 0 Å². The van der Waals surface area contributed by atoms with Crippen LogP contribution in [-0.4, -0.2) is 147 Å². The molecule has 252 valence electrons. The molecule has 0 unspecified atom stereocenters. The van der Waals surface area contributed by atoms with Crippen molar-refractivity contribution < 1.29 is 78.4 Å². The highest BCUT2D eigenvalue weighted by Gasteiger charge is 2.52. The van der Waals surface area contributed by atoms with Crippen molar-refractivity contribution in [1.29, 1.82) is 0 Å². The van der Waals surface area contributed by atoms with E-state index in [0.717, 1.165) is 0 Å². The fraction of sp³-hybridized carbons (Fsp3) is 0.679. The monoisotopic (exact) mass is 646 g/mol. The summed E-state index contributed by atoms with van der Waals surface area (Å²) in [5, 5.41) is 83.9. The molecule has 8 N–H and O–H groups in total. The Labute approximate surface area is 255 Å². The summed E-state index contributed by atoms with van der Waals surface area (Å²) < 4.78 is 44.9. The molecule has 1 aromatic carbocycles. The van der Waals surface area contributed by atoms with Gasteiger partial charge in [-0.1, -0.05) is 0 Å². The molecule has 3 aliphatic rings. The second-order valence-electron chi connectivity index (χ2n) is 11.2. The van der Waals surface area contributed by atoms with Crippen molar-refractivity contribution in [3.05, 3.63) is 34.7 Å². The fourth-order valence-corrected chi connectivity index (χ4v) is 5.36. The summed E-state index contributed by atoms with van der Waals surface area (Å²) in [5.41, 5.74) is -0.524. The van der Waals surface area contributed by atoms with E-state index >= 15 is 0 Å². The van der Waals surface area contributed by atoms with Crippen LogP contribution in [0.2, 0.25) is 0 Å². The van der Waals surface area contributed by atoms with E-state index in [0.29, 0.717) is 5.39 Å².